The maximum atomic E-state index is 12.2. The molecule has 0 amide bonds. The van der Waals surface area contributed by atoms with Crippen molar-refractivity contribution in [3.05, 3.63) is 65.3 Å². The van der Waals surface area contributed by atoms with Crippen LogP contribution in [-0.4, -0.2) is 28.3 Å². The first-order valence-electron chi connectivity index (χ1n) is 7.75. The van der Waals surface area contributed by atoms with Crippen LogP contribution in [0, 0.1) is 5.21 Å². The molecule has 0 aliphatic rings. The predicted octanol–water partition coefficient (Wildman–Crippen LogP) is 2.77. The average molecular weight is 355 g/mol. The molecule has 0 bridgehead atoms. The summed E-state index contributed by atoms with van der Waals surface area (Å²) < 4.78 is 6.19. The minimum atomic E-state index is -0.434. The first-order valence-corrected chi connectivity index (χ1v) is 8.98. The van der Waals surface area contributed by atoms with E-state index in [-0.39, 0.29) is 0 Å². The van der Waals surface area contributed by atoms with E-state index in [1.165, 1.54) is 18.0 Å². The Morgan fingerprint density at radius 2 is 2.12 bits per heavy atom. The number of carbonyl (C=O) groups is 1. The highest BCUT2D eigenvalue weighted by Gasteiger charge is 2.17. The topological polar surface area (TPSA) is 79.0 Å². The number of hydrogen-bond acceptors (Lipinski definition) is 6. The maximum Gasteiger partial charge on any atom is 0.338 e. The molecule has 3 aromatic rings. The van der Waals surface area contributed by atoms with Crippen LogP contribution in [0.2, 0.25) is 0 Å². The highest BCUT2D eigenvalue weighted by atomic mass is 32.2. The lowest BCUT2D eigenvalue weighted by Crippen LogP contribution is -2.34. The fourth-order valence-corrected chi connectivity index (χ4v) is 2.80. The van der Waals surface area contributed by atoms with E-state index in [4.69, 9.17) is 4.74 Å². The third-order valence-corrected chi connectivity index (χ3v) is 4.23. The molecule has 1 aromatic carbocycles. The highest BCUT2D eigenvalue weighted by Crippen LogP contribution is 2.16. The lowest BCUT2D eigenvalue weighted by molar-refractivity contribution is -0.613. The number of benzene rings is 1. The van der Waals surface area contributed by atoms with Crippen LogP contribution in [0.15, 0.2) is 53.9 Å². The van der Waals surface area contributed by atoms with Crippen molar-refractivity contribution in [3.63, 3.8) is 0 Å². The molecular formula is C18H17N3O3S. The molecule has 0 saturated carbocycles. The van der Waals surface area contributed by atoms with Gasteiger partial charge in [-0.25, -0.2) is 14.8 Å². The van der Waals surface area contributed by atoms with Crippen LogP contribution in [0.5, 0.6) is 0 Å². The summed E-state index contributed by atoms with van der Waals surface area (Å²) in [6.45, 7) is 1.76. The molecule has 3 rings (SSSR count). The smallest absolute Gasteiger partial charge is 0.338 e. The Hall–Kier alpha value is -2.67. The molecule has 0 unspecified atom stereocenters. The van der Waals surface area contributed by atoms with E-state index in [0.717, 1.165) is 10.1 Å². The minimum absolute atomic E-state index is 0.308. The lowest BCUT2D eigenvalue weighted by Gasteiger charge is -2.13. The van der Waals surface area contributed by atoms with E-state index < -0.39 is 12.1 Å². The first-order chi connectivity index (χ1) is 12.1. The van der Waals surface area contributed by atoms with Crippen molar-refractivity contribution in [2.45, 2.75) is 24.6 Å². The van der Waals surface area contributed by atoms with Gasteiger partial charge in [0.1, 0.15) is 11.6 Å². The van der Waals surface area contributed by atoms with Gasteiger partial charge in [0.05, 0.1) is 12.0 Å². The van der Waals surface area contributed by atoms with Gasteiger partial charge < -0.3 is 9.94 Å². The SMILES string of the molecule is CSc1ncc2cc(C[C@@H](C)OC(=O)c3ccccc3)[n+]([O-])cc2n1. The van der Waals surface area contributed by atoms with Crippen LogP contribution < -0.4 is 4.73 Å². The number of fused-ring (bicyclic) bond motifs is 1. The van der Waals surface area contributed by atoms with Crippen LogP contribution >= 0.6 is 11.8 Å². The third-order valence-electron chi connectivity index (χ3n) is 3.67. The van der Waals surface area contributed by atoms with Crippen LogP contribution in [0.4, 0.5) is 0 Å². The van der Waals surface area contributed by atoms with Crippen molar-refractivity contribution in [2.24, 2.45) is 0 Å². The summed E-state index contributed by atoms with van der Waals surface area (Å²) in [6, 6.07) is 10.5. The second kappa shape index (κ2) is 7.48. The predicted molar refractivity (Wildman–Crippen MR) is 95.3 cm³/mol. The molecule has 1 atom stereocenters. The number of thioether (sulfide) groups is 1. The number of aromatic nitrogens is 3. The molecule has 0 N–H and O–H groups in total. The summed E-state index contributed by atoms with van der Waals surface area (Å²) in [7, 11) is 0. The van der Waals surface area contributed by atoms with E-state index >= 15 is 0 Å². The average Bonchev–Trinajstić information content (AvgIpc) is 2.62. The van der Waals surface area contributed by atoms with E-state index in [1.54, 1.807) is 43.5 Å². The van der Waals surface area contributed by atoms with Crippen LogP contribution in [0.1, 0.15) is 23.0 Å². The van der Waals surface area contributed by atoms with Crippen molar-refractivity contribution in [3.8, 4) is 0 Å². The number of hydrogen-bond donors (Lipinski definition) is 0. The van der Waals surface area contributed by atoms with Crippen LogP contribution in [0.25, 0.3) is 10.9 Å². The molecule has 25 heavy (non-hydrogen) atoms. The molecule has 0 aliphatic heterocycles. The summed E-state index contributed by atoms with van der Waals surface area (Å²) >= 11 is 1.42. The molecule has 0 radical (unpaired) electrons. The zero-order valence-corrected chi connectivity index (χ0v) is 14.7. The normalized spacial score (nSPS) is 12.1. The van der Waals surface area contributed by atoms with Gasteiger partial charge in [-0.1, -0.05) is 30.0 Å². The summed E-state index contributed by atoms with van der Waals surface area (Å²) in [4.78, 5) is 20.6. The molecule has 0 fully saturated rings. The Morgan fingerprint density at radius 3 is 2.84 bits per heavy atom. The van der Waals surface area contributed by atoms with Crippen molar-refractivity contribution in [1.82, 2.24) is 9.97 Å². The van der Waals surface area contributed by atoms with Crippen LogP contribution in [-0.2, 0) is 11.2 Å². The Kier molecular flexibility index (Phi) is 5.14. The molecule has 0 spiro atoms. The number of ether oxygens (including phenoxy) is 1. The molecule has 6 nitrogen and oxygen atoms in total. The molecule has 2 heterocycles. The van der Waals surface area contributed by atoms with Crippen molar-refractivity contribution < 1.29 is 14.3 Å². The van der Waals surface area contributed by atoms with E-state index in [9.17, 15) is 10.0 Å². The van der Waals surface area contributed by atoms with Gasteiger partial charge in [-0.2, -0.15) is 4.73 Å². The van der Waals surface area contributed by atoms with Crippen molar-refractivity contribution >= 4 is 28.6 Å². The number of carbonyl (C=O) groups excluding carboxylic acids is 1. The minimum Gasteiger partial charge on any atom is -0.618 e. The zero-order chi connectivity index (χ0) is 17.8. The van der Waals surface area contributed by atoms with Gasteiger partial charge in [0.15, 0.2) is 10.9 Å². The number of nitrogens with zero attached hydrogens (tertiary/aromatic N) is 3. The number of esters is 1. The molecule has 2 aromatic heterocycles. The van der Waals surface area contributed by atoms with E-state index in [0.29, 0.717) is 28.4 Å². The van der Waals surface area contributed by atoms with Crippen LogP contribution in [0.3, 0.4) is 0 Å². The number of pyridine rings is 1. The van der Waals surface area contributed by atoms with Gasteiger partial charge >= 0.3 is 5.97 Å². The molecule has 7 heteroatoms. The monoisotopic (exact) mass is 355 g/mol. The van der Waals surface area contributed by atoms with Gasteiger partial charge in [-0.05, 0) is 25.3 Å². The van der Waals surface area contributed by atoms with E-state index in [1.807, 2.05) is 12.3 Å². The summed E-state index contributed by atoms with van der Waals surface area (Å²) in [6.07, 6.45) is 4.87. The van der Waals surface area contributed by atoms with E-state index in [2.05, 4.69) is 9.97 Å². The largest absolute Gasteiger partial charge is 0.618 e. The Bertz CT molecular complexity index is 903. The summed E-state index contributed by atoms with van der Waals surface area (Å²) in [5.41, 5.74) is 1.58. The molecule has 0 saturated heterocycles. The zero-order valence-electron chi connectivity index (χ0n) is 13.9. The van der Waals surface area contributed by atoms with Crippen molar-refractivity contribution in [1.29, 1.82) is 0 Å². The standard InChI is InChI=1S/C18H17N3O3S/c1-12(24-17(22)13-6-4-3-5-7-13)8-15-9-14-10-19-18(25-2)20-16(14)11-21(15)23/h3-7,9-12H,8H2,1-2H3/t12-/m1/s1. The Morgan fingerprint density at radius 1 is 1.36 bits per heavy atom. The van der Waals surface area contributed by atoms with Gasteiger partial charge in [0.2, 0.25) is 6.20 Å². The fourth-order valence-electron chi connectivity index (χ4n) is 2.45. The first kappa shape index (κ1) is 17.2. The Labute approximate surface area is 149 Å². The summed E-state index contributed by atoms with van der Waals surface area (Å²) in [5.74, 6) is -0.403. The number of rotatable bonds is 5. The van der Waals surface area contributed by atoms with Gasteiger partial charge in [-0.15, -0.1) is 0 Å². The fraction of sp³-hybridized carbons (Fsp3) is 0.222. The third kappa shape index (κ3) is 4.06. The second-order valence-electron chi connectivity index (χ2n) is 5.57. The van der Waals surface area contributed by atoms with Gasteiger partial charge in [0, 0.05) is 17.6 Å². The lowest BCUT2D eigenvalue weighted by atomic mass is 10.1. The quantitative estimate of drug-likeness (QED) is 0.230. The van der Waals surface area contributed by atoms with Gasteiger partial charge in [0.25, 0.3) is 0 Å². The highest BCUT2D eigenvalue weighted by molar-refractivity contribution is 7.98. The molecular weight excluding hydrogens is 338 g/mol. The second-order valence-corrected chi connectivity index (χ2v) is 6.35. The molecule has 128 valence electrons. The van der Waals surface area contributed by atoms with Crippen molar-refractivity contribution in [2.75, 3.05) is 6.26 Å². The summed E-state index contributed by atoms with van der Waals surface area (Å²) in [5, 5.41) is 13.6. The van der Waals surface area contributed by atoms with Gasteiger partial charge in [-0.3, -0.25) is 0 Å². The maximum absolute atomic E-state index is 12.2. The Balaban J connectivity index is 1.75. The molecule has 0 aliphatic carbocycles.